The van der Waals surface area contributed by atoms with Crippen LogP contribution in [0.1, 0.15) is 34.7 Å². The number of hydrogen-bond donors (Lipinski definition) is 2. The van der Waals surface area contributed by atoms with Crippen LogP contribution in [0.5, 0.6) is 0 Å². The van der Waals surface area contributed by atoms with Gasteiger partial charge in [-0.1, -0.05) is 0 Å². The molecule has 10 heteroatoms. The van der Waals surface area contributed by atoms with Crippen LogP contribution in [-0.2, 0) is 4.79 Å². The van der Waals surface area contributed by atoms with Gasteiger partial charge in [0.1, 0.15) is 5.56 Å². The molecule has 2 amide bonds. The standard InChI is InChI=1S/C18H18FN7O2/c1-25-5-3-10(6-14(25)27)12-2-4-21-8-13(12)23-18(28)15-16(20)24-26-9-11(19)7-22-17(15)26/h2,4,7-10H,3,5-6H2,1H3,(H2,20,24)(H,23,28). The Kier molecular flexibility index (Phi) is 4.38. The highest BCUT2D eigenvalue weighted by Gasteiger charge is 2.27. The molecular weight excluding hydrogens is 365 g/mol. The monoisotopic (exact) mass is 383 g/mol. The quantitative estimate of drug-likeness (QED) is 0.706. The second-order valence-corrected chi connectivity index (χ2v) is 6.72. The maximum atomic E-state index is 13.3. The Hall–Kier alpha value is -3.56. The highest BCUT2D eigenvalue weighted by Crippen LogP contribution is 2.33. The average molecular weight is 383 g/mol. The zero-order valence-electron chi connectivity index (χ0n) is 15.1. The van der Waals surface area contributed by atoms with Crippen LogP contribution in [0, 0.1) is 5.82 Å². The van der Waals surface area contributed by atoms with Gasteiger partial charge in [0.2, 0.25) is 5.91 Å². The number of rotatable bonds is 3. The van der Waals surface area contributed by atoms with E-state index < -0.39 is 11.7 Å². The molecule has 1 fully saturated rings. The molecule has 0 saturated carbocycles. The van der Waals surface area contributed by atoms with E-state index in [0.29, 0.717) is 18.7 Å². The summed E-state index contributed by atoms with van der Waals surface area (Å²) in [7, 11) is 1.78. The van der Waals surface area contributed by atoms with E-state index in [2.05, 4.69) is 20.4 Å². The number of hydrogen-bond acceptors (Lipinski definition) is 6. The normalized spacial score (nSPS) is 17.1. The van der Waals surface area contributed by atoms with Gasteiger partial charge in [-0.15, -0.1) is 5.10 Å². The molecule has 4 heterocycles. The van der Waals surface area contributed by atoms with E-state index >= 15 is 0 Å². The highest BCUT2D eigenvalue weighted by molar-refractivity contribution is 6.11. The Bertz CT molecular complexity index is 1080. The van der Waals surface area contributed by atoms with E-state index in [1.165, 1.54) is 6.20 Å². The summed E-state index contributed by atoms with van der Waals surface area (Å²) in [6.07, 6.45) is 6.40. The lowest BCUT2D eigenvalue weighted by Crippen LogP contribution is -2.35. The van der Waals surface area contributed by atoms with Crippen molar-refractivity contribution in [2.75, 3.05) is 24.6 Å². The molecule has 3 aromatic heterocycles. The number of anilines is 2. The van der Waals surface area contributed by atoms with Crippen molar-refractivity contribution in [3.63, 3.8) is 0 Å². The molecule has 1 atom stereocenters. The van der Waals surface area contributed by atoms with Gasteiger partial charge in [0.15, 0.2) is 17.3 Å². The van der Waals surface area contributed by atoms with Crippen LogP contribution < -0.4 is 11.1 Å². The number of nitrogens with zero attached hydrogens (tertiary/aromatic N) is 5. The Labute approximate surface area is 159 Å². The first kappa shape index (κ1) is 17.8. The first-order chi connectivity index (χ1) is 13.4. The number of carbonyl (C=O) groups excluding carboxylic acids is 2. The maximum Gasteiger partial charge on any atom is 0.263 e. The number of nitrogen functional groups attached to an aromatic ring is 1. The predicted octanol–water partition coefficient (Wildman–Crippen LogP) is 1.43. The number of nitrogens with one attached hydrogen (secondary N) is 1. The Morgan fingerprint density at radius 2 is 2.21 bits per heavy atom. The second kappa shape index (κ2) is 6.87. The fourth-order valence-electron chi connectivity index (χ4n) is 3.41. The molecular formula is C18H18FN7O2. The Morgan fingerprint density at radius 1 is 1.39 bits per heavy atom. The summed E-state index contributed by atoms with van der Waals surface area (Å²) >= 11 is 0. The number of carbonyl (C=O) groups is 2. The third kappa shape index (κ3) is 3.13. The number of pyridine rings is 1. The van der Waals surface area contributed by atoms with Gasteiger partial charge in [0, 0.05) is 26.2 Å². The number of amides is 2. The van der Waals surface area contributed by atoms with Gasteiger partial charge in [-0.05, 0) is 24.0 Å². The third-order valence-corrected chi connectivity index (χ3v) is 4.90. The van der Waals surface area contributed by atoms with E-state index in [1.807, 2.05) is 0 Å². The number of halogens is 1. The molecule has 0 radical (unpaired) electrons. The molecule has 0 aliphatic carbocycles. The summed E-state index contributed by atoms with van der Waals surface area (Å²) in [4.78, 5) is 34.6. The third-order valence-electron chi connectivity index (χ3n) is 4.90. The Balaban J connectivity index is 1.65. The summed E-state index contributed by atoms with van der Waals surface area (Å²) in [6, 6.07) is 1.80. The molecule has 28 heavy (non-hydrogen) atoms. The lowest BCUT2D eigenvalue weighted by Gasteiger charge is -2.29. The van der Waals surface area contributed by atoms with Crippen LogP contribution in [0.25, 0.3) is 5.65 Å². The molecule has 0 bridgehead atoms. The largest absolute Gasteiger partial charge is 0.381 e. The molecule has 144 valence electrons. The summed E-state index contributed by atoms with van der Waals surface area (Å²) in [6.45, 7) is 0.649. The van der Waals surface area contributed by atoms with Crippen molar-refractivity contribution >= 4 is 29.0 Å². The fraction of sp³-hybridized carbons (Fsp3) is 0.278. The zero-order valence-corrected chi connectivity index (χ0v) is 15.1. The van der Waals surface area contributed by atoms with Crippen LogP contribution >= 0.6 is 0 Å². The molecule has 1 aliphatic heterocycles. The lowest BCUT2D eigenvalue weighted by molar-refractivity contribution is -0.132. The molecule has 0 aromatic carbocycles. The van der Waals surface area contributed by atoms with Gasteiger partial charge in [-0.3, -0.25) is 14.6 Å². The van der Waals surface area contributed by atoms with Crippen molar-refractivity contribution in [1.29, 1.82) is 0 Å². The average Bonchev–Trinajstić information content (AvgIpc) is 2.99. The number of fused-ring (bicyclic) bond motifs is 1. The molecule has 3 N–H and O–H groups in total. The number of aromatic nitrogens is 4. The topological polar surface area (TPSA) is 119 Å². The van der Waals surface area contributed by atoms with E-state index in [-0.39, 0.29) is 28.9 Å². The van der Waals surface area contributed by atoms with Crippen molar-refractivity contribution in [3.8, 4) is 0 Å². The van der Waals surface area contributed by atoms with E-state index in [1.54, 1.807) is 24.2 Å². The van der Waals surface area contributed by atoms with Crippen LogP contribution in [0.4, 0.5) is 15.9 Å². The van der Waals surface area contributed by atoms with E-state index in [4.69, 9.17) is 5.73 Å². The van der Waals surface area contributed by atoms with Crippen LogP contribution in [-0.4, -0.2) is 49.9 Å². The highest BCUT2D eigenvalue weighted by atomic mass is 19.1. The molecule has 1 saturated heterocycles. The minimum absolute atomic E-state index is 0.0181. The summed E-state index contributed by atoms with van der Waals surface area (Å²) < 4.78 is 14.5. The number of likely N-dealkylation sites (tertiary alicyclic amines) is 1. The number of nitrogens with two attached hydrogens (primary N) is 1. The second-order valence-electron chi connectivity index (χ2n) is 6.72. The predicted molar refractivity (Wildman–Crippen MR) is 99.2 cm³/mol. The summed E-state index contributed by atoms with van der Waals surface area (Å²) in [5, 5.41) is 6.72. The van der Waals surface area contributed by atoms with Crippen molar-refractivity contribution < 1.29 is 14.0 Å². The minimum Gasteiger partial charge on any atom is -0.381 e. The van der Waals surface area contributed by atoms with Crippen LogP contribution in [0.3, 0.4) is 0 Å². The van der Waals surface area contributed by atoms with Gasteiger partial charge in [-0.2, -0.15) is 0 Å². The minimum atomic E-state index is -0.594. The first-order valence-corrected chi connectivity index (χ1v) is 8.72. The van der Waals surface area contributed by atoms with Gasteiger partial charge >= 0.3 is 0 Å². The summed E-state index contributed by atoms with van der Waals surface area (Å²) in [5.41, 5.74) is 7.38. The maximum absolute atomic E-state index is 13.3. The van der Waals surface area contributed by atoms with Gasteiger partial charge in [0.05, 0.1) is 24.3 Å². The van der Waals surface area contributed by atoms with Crippen LogP contribution in [0.15, 0.2) is 30.9 Å². The Morgan fingerprint density at radius 3 is 3.00 bits per heavy atom. The molecule has 9 nitrogen and oxygen atoms in total. The van der Waals surface area contributed by atoms with Crippen molar-refractivity contribution in [3.05, 3.63) is 47.8 Å². The molecule has 4 rings (SSSR count). The van der Waals surface area contributed by atoms with Crippen LogP contribution in [0.2, 0.25) is 0 Å². The molecule has 0 spiro atoms. The van der Waals surface area contributed by atoms with Crippen molar-refractivity contribution in [1.82, 2.24) is 24.5 Å². The van der Waals surface area contributed by atoms with Crippen molar-refractivity contribution in [2.45, 2.75) is 18.8 Å². The smallest absolute Gasteiger partial charge is 0.263 e. The van der Waals surface area contributed by atoms with Gasteiger partial charge < -0.3 is 16.0 Å². The zero-order chi connectivity index (χ0) is 19.8. The molecule has 3 aromatic rings. The van der Waals surface area contributed by atoms with Gasteiger partial charge in [-0.25, -0.2) is 13.9 Å². The van der Waals surface area contributed by atoms with Crippen molar-refractivity contribution in [2.24, 2.45) is 0 Å². The number of piperidine rings is 1. The van der Waals surface area contributed by atoms with E-state index in [9.17, 15) is 14.0 Å². The first-order valence-electron chi connectivity index (χ1n) is 8.72. The molecule has 1 unspecified atom stereocenters. The van der Waals surface area contributed by atoms with Gasteiger partial charge in [0.25, 0.3) is 5.91 Å². The lowest BCUT2D eigenvalue weighted by atomic mass is 9.88. The summed E-state index contributed by atoms with van der Waals surface area (Å²) in [5.74, 6) is -1.14. The van der Waals surface area contributed by atoms with E-state index in [0.717, 1.165) is 28.9 Å². The fourth-order valence-corrected chi connectivity index (χ4v) is 3.41. The SMILES string of the molecule is CN1CCC(c2ccncc2NC(=O)c2c(N)nn3cc(F)cnc23)CC1=O. The molecule has 1 aliphatic rings.